The Morgan fingerprint density at radius 3 is 1.34 bits per heavy atom. The van der Waals surface area contributed by atoms with Gasteiger partial charge >= 0.3 is 12.4 Å². The van der Waals surface area contributed by atoms with E-state index in [1.54, 1.807) is 0 Å². The third-order valence-corrected chi connectivity index (χ3v) is 11.6. The number of hydrogen-bond donors (Lipinski definition) is 0. The van der Waals surface area contributed by atoms with E-state index in [0.29, 0.717) is 50.7 Å². The van der Waals surface area contributed by atoms with E-state index >= 15 is 0 Å². The number of alkyl halides is 6. The summed E-state index contributed by atoms with van der Waals surface area (Å²) < 4.78 is 86.6. The highest BCUT2D eigenvalue weighted by Gasteiger charge is 2.32. The van der Waals surface area contributed by atoms with Crippen LogP contribution in [0.1, 0.15) is 16.7 Å². The van der Waals surface area contributed by atoms with Gasteiger partial charge in [-0.15, -0.1) is 0 Å². The van der Waals surface area contributed by atoms with Crippen molar-refractivity contribution in [3.05, 3.63) is 211 Å². The van der Waals surface area contributed by atoms with Gasteiger partial charge in [0.25, 0.3) is 0 Å². The molecule has 0 amide bonds. The Morgan fingerprint density at radius 1 is 0.375 bits per heavy atom. The van der Waals surface area contributed by atoms with Crippen LogP contribution in [0.15, 0.2) is 194 Å². The zero-order chi connectivity index (χ0) is 44.2. The summed E-state index contributed by atoms with van der Waals surface area (Å²) in [5, 5.41) is 1.83. The smallest absolute Gasteiger partial charge is 0.308 e. The molecule has 0 radical (unpaired) electrons. The first kappa shape index (κ1) is 40.3. The van der Waals surface area contributed by atoms with E-state index in [4.69, 9.17) is 9.97 Å². The predicted octanol–water partition coefficient (Wildman–Crippen LogP) is 15.9. The Balaban J connectivity index is 1.31. The molecule has 0 unspecified atom stereocenters. The van der Waals surface area contributed by atoms with Crippen molar-refractivity contribution in [3.8, 4) is 73.0 Å². The first-order chi connectivity index (χ1) is 30.9. The summed E-state index contributed by atoms with van der Waals surface area (Å²) in [6, 6.07) is 57.0. The molecule has 0 atom stereocenters. The van der Waals surface area contributed by atoms with Crippen LogP contribution in [-0.4, -0.2) is 14.5 Å². The minimum absolute atomic E-state index is 0.318. The molecular weight excluding hydrogens is 817 g/mol. The van der Waals surface area contributed by atoms with Gasteiger partial charge in [-0.25, -0.2) is 9.97 Å². The van der Waals surface area contributed by atoms with Crippen LogP contribution in [-0.2, 0) is 12.4 Å². The van der Waals surface area contributed by atoms with Crippen molar-refractivity contribution in [2.45, 2.75) is 19.3 Å². The third-order valence-electron chi connectivity index (χ3n) is 11.6. The SMILES string of the molecule is Cc1ccc(-c2ccc3c(c2)c2ccccc2n3-c2c(-c3ccc(C(F)(F)F)cc3)cc(-c3nc(-c4ccccc4)cc(-c4ccccc4)n3)cc2-c2ccc(C(F)(F)F)cc2)cc1. The molecule has 0 saturated carbocycles. The summed E-state index contributed by atoms with van der Waals surface area (Å²) in [5.41, 5.74) is 9.01. The van der Waals surface area contributed by atoms with Crippen molar-refractivity contribution in [3.63, 3.8) is 0 Å². The highest BCUT2D eigenvalue weighted by Crippen LogP contribution is 2.45. The normalized spacial score (nSPS) is 12.0. The molecule has 3 nitrogen and oxygen atoms in total. The van der Waals surface area contributed by atoms with Gasteiger partial charge in [-0.05, 0) is 89.8 Å². The summed E-state index contributed by atoms with van der Waals surface area (Å²) in [6.07, 6.45) is -9.17. The second-order valence-electron chi connectivity index (χ2n) is 15.7. The topological polar surface area (TPSA) is 30.7 Å². The van der Waals surface area contributed by atoms with Gasteiger partial charge in [0, 0.05) is 38.6 Å². The van der Waals surface area contributed by atoms with E-state index in [2.05, 4.69) is 34.9 Å². The molecule has 0 bridgehead atoms. The van der Waals surface area contributed by atoms with Crippen LogP contribution >= 0.6 is 0 Å². The Labute approximate surface area is 364 Å². The Bertz CT molecular complexity index is 3180. The highest BCUT2D eigenvalue weighted by atomic mass is 19.4. The summed E-state index contributed by atoms with van der Waals surface area (Å²) in [7, 11) is 0. The number of aryl methyl sites for hydroxylation is 1. The van der Waals surface area contributed by atoms with Gasteiger partial charge in [0.15, 0.2) is 5.82 Å². The molecular formula is C55H35F6N3. The standard InChI is InChI=1S/C55H35F6N3/c1-34-16-18-35(19-17-34)40-24-29-51-47(30-40)44-14-8-9-15-50(44)64(51)52-45(36-20-25-42(26-21-36)54(56,57)58)31-41(32-46(52)37-22-27-43(28-23-37)55(59,60)61)53-62-48(38-10-4-2-5-11-38)33-49(63-53)39-12-6-3-7-13-39/h2-33H,1H3. The molecule has 0 aliphatic carbocycles. The number of halogens is 6. The lowest BCUT2D eigenvalue weighted by Gasteiger charge is -2.22. The molecule has 2 heterocycles. The van der Waals surface area contributed by atoms with Gasteiger partial charge in [-0.1, -0.05) is 139 Å². The maximum atomic E-state index is 14.1. The fourth-order valence-electron chi connectivity index (χ4n) is 8.35. The van der Waals surface area contributed by atoms with Crippen molar-refractivity contribution in [1.82, 2.24) is 14.5 Å². The molecule has 0 fully saturated rings. The fourth-order valence-corrected chi connectivity index (χ4v) is 8.35. The Hall–Kier alpha value is -7.78. The molecule has 0 N–H and O–H groups in total. The highest BCUT2D eigenvalue weighted by molar-refractivity contribution is 6.12. The molecule has 312 valence electrons. The molecule has 64 heavy (non-hydrogen) atoms. The lowest BCUT2D eigenvalue weighted by Crippen LogP contribution is -2.06. The second kappa shape index (κ2) is 15.8. The van der Waals surface area contributed by atoms with E-state index in [1.165, 1.54) is 24.3 Å². The van der Waals surface area contributed by atoms with Gasteiger partial charge in [0.05, 0.1) is 39.2 Å². The third kappa shape index (κ3) is 7.59. The lowest BCUT2D eigenvalue weighted by molar-refractivity contribution is -0.138. The Kier molecular flexibility index (Phi) is 9.98. The van der Waals surface area contributed by atoms with Crippen LogP contribution in [0.2, 0.25) is 0 Å². The lowest BCUT2D eigenvalue weighted by atomic mass is 9.91. The van der Waals surface area contributed by atoms with Gasteiger partial charge < -0.3 is 4.57 Å². The number of rotatable bonds is 7. The van der Waals surface area contributed by atoms with Gasteiger partial charge in [0.2, 0.25) is 0 Å². The van der Waals surface area contributed by atoms with E-state index in [9.17, 15) is 26.3 Å². The van der Waals surface area contributed by atoms with Crippen LogP contribution < -0.4 is 0 Å². The average Bonchev–Trinajstić information content (AvgIpc) is 3.64. The zero-order valence-corrected chi connectivity index (χ0v) is 34.1. The molecule has 8 aromatic carbocycles. The largest absolute Gasteiger partial charge is 0.416 e. The van der Waals surface area contributed by atoms with Crippen molar-refractivity contribution in [2.75, 3.05) is 0 Å². The summed E-state index contributed by atoms with van der Waals surface area (Å²) in [6.45, 7) is 2.03. The van der Waals surface area contributed by atoms with Crippen LogP contribution in [0.5, 0.6) is 0 Å². The number of benzene rings is 8. The van der Waals surface area contributed by atoms with Gasteiger partial charge in [0.1, 0.15) is 0 Å². The number of para-hydroxylation sites is 1. The van der Waals surface area contributed by atoms with E-state index in [0.717, 1.165) is 73.9 Å². The summed E-state index contributed by atoms with van der Waals surface area (Å²) >= 11 is 0. The van der Waals surface area contributed by atoms with Crippen molar-refractivity contribution in [2.24, 2.45) is 0 Å². The molecule has 0 spiro atoms. The van der Waals surface area contributed by atoms with E-state index in [1.807, 2.05) is 122 Å². The van der Waals surface area contributed by atoms with E-state index in [-0.39, 0.29) is 0 Å². The predicted molar refractivity (Wildman–Crippen MR) is 244 cm³/mol. The summed E-state index contributed by atoms with van der Waals surface area (Å²) in [4.78, 5) is 10.2. The number of aromatic nitrogens is 3. The van der Waals surface area contributed by atoms with E-state index < -0.39 is 23.5 Å². The maximum absolute atomic E-state index is 14.1. The number of fused-ring (bicyclic) bond motifs is 3. The van der Waals surface area contributed by atoms with Gasteiger partial charge in [-0.3, -0.25) is 0 Å². The quantitative estimate of drug-likeness (QED) is 0.150. The average molecular weight is 852 g/mol. The first-order valence-corrected chi connectivity index (χ1v) is 20.5. The molecule has 10 aromatic rings. The first-order valence-electron chi connectivity index (χ1n) is 20.5. The monoisotopic (exact) mass is 851 g/mol. The van der Waals surface area contributed by atoms with Crippen LogP contribution in [0.3, 0.4) is 0 Å². The van der Waals surface area contributed by atoms with Crippen LogP contribution in [0, 0.1) is 6.92 Å². The number of nitrogens with zero attached hydrogens (tertiary/aromatic N) is 3. The fraction of sp³-hybridized carbons (Fsp3) is 0.0545. The second-order valence-corrected chi connectivity index (χ2v) is 15.7. The molecule has 0 aliphatic rings. The minimum Gasteiger partial charge on any atom is -0.308 e. The molecule has 0 aliphatic heterocycles. The summed E-state index contributed by atoms with van der Waals surface area (Å²) in [5.74, 6) is 0.318. The Morgan fingerprint density at radius 2 is 0.828 bits per heavy atom. The molecule has 2 aromatic heterocycles. The molecule has 0 saturated heterocycles. The molecule has 10 rings (SSSR count). The minimum atomic E-state index is -4.59. The number of hydrogen-bond acceptors (Lipinski definition) is 2. The zero-order valence-electron chi connectivity index (χ0n) is 34.1. The van der Waals surface area contributed by atoms with Crippen LogP contribution in [0.25, 0.3) is 94.8 Å². The van der Waals surface area contributed by atoms with Crippen molar-refractivity contribution in [1.29, 1.82) is 0 Å². The maximum Gasteiger partial charge on any atom is 0.416 e. The van der Waals surface area contributed by atoms with Gasteiger partial charge in [-0.2, -0.15) is 26.3 Å². The van der Waals surface area contributed by atoms with Crippen molar-refractivity contribution < 1.29 is 26.3 Å². The molecule has 9 heteroatoms. The van der Waals surface area contributed by atoms with Crippen molar-refractivity contribution >= 4 is 21.8 Å². The van der Waals surface area contributed by atoms with Crippen LogP contribution in [0.4, 0.5) is 26.3 Å².